The Labute approximate surface area is 198 Å². The number of hydrogen-bond donors (Lipinski definition) is 0. The van der Waals surface area contributed by atoms with E-state index in [1.54, 1.807) is 27.5 Å². The molecule has 8 heteroatoms. The molecule has 1 saturated heterocycles. The fourth-order valence-electron chi connectivity index (χ4n) is 3.85. The molecule has 1 fully saturated rings. The molecule has 7 nitrogen and oxygen atoms in total. The zero-order valence-electron chi connectivity index (χ0n) is 19.0. The van der Waals surface area contributed by atoms with Gasteiger partial charge in [-0.2, -0.15) is 5.10 Å². The van der Waals surface area contributed by atoms with Crippen molar-refractivity contribution in [3.05, 3.63) is 70.4 Å². The lowest BCUT2D eigenvalue weighted by molar-refractivity contribution is 0.0563. The molecule has 1 aromatic heterocycles. The van der Waals surface area contributed by atoms with Gasteiger partial charge in [0.25, 0.3) is 5.91 Å². The lowest BCUT2D eigenvalue weighted by atomic mass is 10.0. The van der Waals surface area contributed by atoms with Crippen molar-refractivity contribution >= 4 is 23.6 Å². The summed E-state index contributed by atoms with van der Waals surface area (Å²) in [5.41, 5.74) is 5.06. The van der Waals surface area contributed by atoms with Gasteiger partial charge in [0.15, 0.2) is 0 Å². The third-order valence-corrected chi connectivity index (χ3v) is 6.22. The van der Waals surface area contributed by atoms with Crippen molar-refractivity contribution < 1.29 is 14.3 Å². The van der Waals surface area contributed by atoms with Crippen LogP contribution < -0.4 is 0 Å². The molecule has 1 aliphatic rings. The molecule has 0 bridgehead atoms. The zero-order chi connectivity index (χ0) is 23.5. The maximum absolute atomic E-state index is 13.6. The van der Waals surface area contributed by atoms with Crippen LogP contribution in [-0.4, -0.2) is 64.4 Å². The molecule has 0 spiro atoms. The van der Waals surface area contributed by atoms with Crippen molar-refractivity contribution in [2.75, 3.05) is 32.8 Å². The number of aromatic nitrogens is 2. The van der Waals surface area contributed by atoms with Crippen LogP contribution >= 0.6 is 11.6 Å². The summed E-state index contributed by atoms with van der Waals surface area (Å²) in [6.45, 7) is 7.92. The zero-order valence-corrected chi connectivity index (χ0v) is 19.8. The summed E-state index contributed by atoms with van der Waals surface area (Å²) in [6.07, 6.45) is -0.345. The topological polar surface area (TPSA) is 67.7 Å². The molecule has 2 aromatic carbocycles. The quantitative estimate of drug-likeness (QED) is 0.557. The first-order valence-electron chi connectivity index (χ1n) is 11.0. The maximum Gasteiger partial charge on any atom is 0.409 e. The summed E-state index contributed by atoms with van der Waals surface area (Å²) in [5.74, 6) is -0.152. The molecule has 4 rings (SSSR count). The molecule has 33 heavy (non-hydrogen) atoms. The van der Waals surface area contributed by atoms with E-state index < -0.39 is 0 Å². The van der Waals surface area contributed by atoms with Crippen LogP contribution in [0.4, 0.5) is 4.79 Å². The highest BCUT2D eigenvalue weighted by Crippen LogP contribution is 2.27. The number of rotatable bonds is 4. The first kappa shape index (κ1) is 22.9. The molecule has 0 radical (unpaired) electrons. The highest BCUT2D eigenvalue weighted by Gasteiger charge is 2.28. The number of ether oxygens (including phenoxy) is 1. The molecule has 2 heterocycles. The van der Waals surface area contributed by atoms with Crippen LogP contribution in [0.5, 0.6) is 0 Å². The number of aryl methyl sites for hydroxylation is 2. The number of nitrogens with zero attached hydrogens (tertiary/aromatic N) is 4. The first-order chi connectivity index (χ1) is 15.9. The highest BCUT2D eigenvalue weighted by atomic mass is 35.5. The van der Waals surface area contributed by atoms with Crippen LogP contribution in [0.25, 0.3) is 16.9 Å². The second-order valence-electron chi connectivity index (χ2n) is 8.06. The Hall–Kier alpha value is -3.32. The molecule has 3 aromatic rings. The van der Waals surface area contributed by atoms with Gasteiger partial charge in [0.05, 0.1) is 23.0 Å². The van der Waals surface area contributed by atoms with E-state index in [1.165, 1.54) is 5.56 Å². The van der Waals surface area contributed by atoms with Crippen LogP contribution in [0.15, 0.2) is 48.5 Å². The fraction of sp³-hybridized carbons (Fsp3) is 0.320. The van der Waals surface area contributed by atoms with Gasteiger partial charge in [-0.15, -0.1) is 0 Å². The normalized spacial score (nSPS) is 13.8. The second-order valence-corrected chi connectivity index (χ2v) is 8.46. The Morgan fingerprint density at radius 3 is 2.33 bits per heavy atom. The van der Waals surface area contributed by atoms with Crippen LogP contribution in [0, 0.1) is 13.8 Å². The van der Waals surface area contributed by atoms with Gasteiger partial charge in [0, 0.05) is 31.7 Å². The Kier molecular flexibility index (Phi) is 6.70. The largest absolute Gasteiger partial charge is 0.450 e. The fourth-order valence-corrected chi connectivity index (χ4v) is 4.07. The van der Waals surface area contributed by atoms with Crippen LogP contribution in [-0.2, 0) is 4.74 Å². The SMILES string of the molecule is CCOC(=O)N1CCN(C(=O)c2cc(-c3ccc(C)c(C)c3)nn2-c2ccccc2Cl)CC1. The van der Waals surface area contributed by atoms with E-state index in [4.69, 9.17) is 21.4 Å². The van der Waals surface area contributed by atoms with Gasteiger partial charge in [0.1, 0.15) is 5.69 Å². The van der Waals surface area contributed by atoms with E-state index in [-0.39, 0.29) is 12.0 Å². The average Bonchev–Trinajstić information content (AvgIpc) is 3.26. The molecule has 0 unspecified atom stereocenters. The van der Waals surface area contributed by atoms with E-state index in [0.29, 0.717) is 54.9 Å². The monoisotopic (exact) mass is 466 g/mol. The molecule has 0 N–H and O–H groups in total. The number of para-hydroxylation sites is 1. The smallest absolute Gasteiger partial charge is 0.409 e. The van der Waals surface area contributed by atoms with Gasteiger partial charge in [-0.25, -0.2) is 9.48 Å². The van der Waals surface area contributed by atoms with E-state index in [0.717, 1.165) is 11.1 Å². The van der Waals surface area contributed by atoms with Crippen LogP contribution in [0.1, 0.15) is 28.5 Å². The van der Waals surface area contributed by atoms with Crippen molar-refractivity contribution in [1.29, 1.82) is 0 Å². The number of benzene rings is 2. The Morgan fingerprint density at radius 1 is 0.970 bits per heavy atom. The molecule has 0 saturated carbocycles. The van der Waals surface area contributed by atoms with Gasteiger partial charge >= 0.3 is 6.09 Å². The third-order valence-electron chi connectivity index (χ3n) is 5.90. The van der Waals surface area contributed by atoms with Crippen LogP contribution in [0.3, 0.4) is 0 Å². The van der Waals surface area contributed by atoms with Crippen molar-refractivity contribution in [2.24, 2.45) is 0 Å². The molecule has 172 valence electrons. The van der Waals surface area contributed by atoms with Gasteiger partial charge in [0.2, 0.25) is 0 Å². The minimum absolute atomic E-state index is 0.152. The molecule has 0 aliphatic carbocycles. The molecular formula is C25H27ClN4O3. The molecule has 1 aliphatic heterocycles. The van der Waals surface area contributed by atoms with E-state index in [1.807, 2.05) is 30.3 Å². The van der Waals surface area contributed by atoms with Crippen molar-refractivity contribution in [3.63, 3.8) is 0 Å². The summed E-state index contributed by atoms with van der Waals surface area (Å²) in [7, 11) is 0. The predicted molar refractivity (Wildman–Crippen MR) is 128 cm³/mol. The summed E-state index contributed by atoms with van der Waals surface area (Å²) in [6, 6.07) is 15.3. The van der Waals surface area contributed by atoms with Gasteiger partial charge in [-0.3, -0.25) is 4.79 Å². The molecular weight excluding hydrogens is 440 g/mol. The van der Waals surface area contributed by atoms with Gasteiger partial charge < -0.3 is 14.5 Å². The summed E-state index contributed by atoms with van der Waals surface area (Å²) in [5, 5.41) is 5.27. The van der Waals surface area contributed by atoms with Gasteiger partial charge in [-0.1, -0.05) is 35.9 Å². The highest BCUT2D eigenvalue weighted by molar-refractivity contribution is 6.32. The second kappa shape index (κ2) is 9.67. The first-order valence-corrected chi connectivity index (χ1v) is 11.4. The minimum Gasteiger partial charge on any atom is -0.450 e. The van der Waals surface area contributed by atoms with Crippen molar-refractivity contribution in [3.8, 4) is 16.9 Å². The Balaban J connectivity index is 1.67. The van der Waals surface area contributed by atoms with Crippen molar-refractivity contribution in [1.82, 2.24) is 19.6 Å². The Bertz CT molecular complexity index is 1180. The summed E-state index contributed by atoms with van der Waals surface area (Å²) >= 11 is 6.46. The number of piperazine rings is 1. The number of amides is 2. The number of hydrogen-bond acceptors (Lipinski definition) is 4. The standard InChI is InChI=1S/C25H27ClN4O3/c1-4-33-25(32)29-13-11-28(12-14-29)24(31)23-16-21(19-10-9-17(2)18(3)15-19)27-30(23)22-8-6-5-7-20(22)26/h5-10,15-16H,4,11-14H2,1-3H3. The lowest BCUT2D eigenvalue weighted by Gasteiger charge is -2.34. The minimum atomic E-state index is -0.345. The van der Waals surface area contributed by atoms with Crippen molar-refractivity contribution in [2.45, 2.75) is 20.8 Å². The lowest BCUT2D eigenvalue weighted by Crippen LogP contribution is -2.51. The summed E-state index contributed by atoms with van der Waals surface area (Å²) in [4.78, 5) is 28.9. The maximum atomic E-state index is 13.6. The number of halogens is 1. The van der Waals surface area contributed by atoms with E-state index >= 15 is 0 Å². The molecule has 2 amide bonds. The van der Waals surface area contributed by atoms with E-state index in [9.17, 15) is 9.59 Å². The third kappa shape index (κ3) is 4.73. The Morgan fingerprint density at radius 2 is 1.67 bits per heavy atom. The van der Waals surface area contributed by atoms with E-state index in [2.05, 4.69) is 26.0 Å². The number of carbonyl (C=O) groups is 2. The average molecular weight is 467 g/mol. The van der Waals surface area contributed by atoms with Crippen LogP contribution in [0.2, 0.25) is 5.02 Å². The molecule has 0 atom stereocenters. The number of carbonyl (C=O) groups excluding carboxylic acids is 2. The van der Waals surface area contributed by atoms with Gasteiger partial charge in [-0.05, 0) is 56.2 Å². The summed E-state index contributed by atoms with van der Waals surface area (Å²) < 4.78 is 6.69. The predicted octanol–water partition coefficient (Wildman–Crippen LogP) is 4.72.